The molecule has 0 aliphatic carbocycles. The van der Waals surface area contributed by atoms with Gasteiger partial charge in [0.2, 0.25) is 0 Å². The number of phosphoric acid groups is 1. The quantitative estimate of drug-likeness (QED) is 0.0211. The smallest absolute Gasteiger partial charge is 0.462 e. The first-order chi connectivity index (χ1) is 34.0. The third-order valence-electron chi connectivity index (χ3n) is 13.5. The van der Waals surface area contributed by atoms with Gasteiger partial charge in [-0.05, 0) is 44.9 Å². The molecule has 0 aromatic rings. The summed E-state index contributed by atoms with van der Waals surface area (Å²) < 4.78 is 34.5. The maximum absolute atomic E-state index is 12.8. The number of nitrogens with zero attached hydrogens (tertiary/aromatic N) is 1. The van der Waals surface area contributed by atoms with Crippen LogP contribution >= 0.6 is 7.82 Å². The van der Waals surface area contributed by atoms with Crippen LogP contribution in [0.4, 0.5) is 0 Å². The van der Waals surface area contributed by atoms with Gasteiger partial charge in [-0.3, -0.25) is 18.6 Å². The predicted octanol–water partition coefficient (Wildman–Crippen LogP) is 18.6. The van der Waals surface area contributed by atoms with E-state index in [0.29, 0.717) is 23.9 Å². The highest BCUT2D eigenvalue weighted by Crippen LogP contribution is 2.43. The van der Waals surface area contributed by atoms with E-state index in [0.717, 1.165) is 38.5 Å². The number of hydrogen-bond acceptors (Lipinski definition) is 7. The van der Waals surface area contributed by atoms with Crippen molar-refractivity contribution >= 4 is 19.8 Å². The number of ether oxygens (including phenoxy) is 2. The fourth-order valence-corrected chi connectivity index (χ4v) is 9.56. The number of unbranched alkanes of at least 4 members (excludes halogenated alkanes) is 38. The van der Waals surface area contributed by atoms with Crippen molar-refractivity contribution in [2.45, 2.75) is 302 Å². The van der Waals surface area contributed by atoms with E-state index in [1.54, 1.807) is 0 Å². The molecule has 414 valence electrons. The molecule has 0 aromatic carbocycles. The first-order valence-corrected chi connectivity index (χ1v) is 31.6. The van der Waals surface area contributed by atoms with Gasteiger partial charge >= 0.3 is 19.8 Å². The van der Waals surface area contributed by atoms with Crippen molar-refractivity contribution in [3.8, 4) is 0 Å². The molecule has 2 atom stereocenters. The van der Waals surface area contributed by atoms with Gasteiger partial charge in [0.25, 0.3) is 0 Å². The van der Waals surface area contributed by atoms with Gasteiger partial charge in [-0.25, -0.2) is 4.57 Å². The lowest BCUT2D eigenvalue weighted by Crippen LogP contribution is -2.37. The van der Waals surface area contributed by atoms with Crippen LogP contribution in [0.5, 0.6) is 0 Å². The molecule has 0 aliphatic rings. The SMILES string of the molecule is CCCCCCC/C=C\C/C=C\CCCCCCCCCCCCCCCCCCCCCCCCCC(=O)OC(COC(=O)CCCCCCCCCCCCC)COP(=O)(O)OCC[N+](C)(C)C. The first-order valence-electron chi connectivity index (χ1n) is 30.1. The van der Waals surface area contributed by atoms with Crippen molar-refractivity contribution in [1.29, 1.82) is 0 Å². The molecular formula is C60H117NO8P+. The highest BCUT2D eigenvalue weighted by atomic mass is 31.2. The highest BCUT2D eigenvalue weighted by molar-refractivity contribution is 7.47. The van der Waals surface area contributed by atoms with Crippen LogP contribution in [0, 0.1) is 0 Å². The Morgan fingerprint density at radius 3 is 1.13 bits per heavy atom. The third kappa shape index (κ3) is 55.8. The fourth-order valence-electron chi connectivity index (χ4n) is 8.81. The van der Waals surface area contributed by atoms with Crippen molar-refractivity contribution < 1.29 is 42.1 Å². The van der Waals surface area contributed by atoms with Gasteiger partial charge in [-0.2, -0.15) is 0 Å². The second kappa shape index (κ2) is 52.4. The molecule has 70 heavy (non-hydrogen) atoms. The predicted molar refractivity (Wildman–Crippen MR) is 298 cm³/mol. The van der Waals surface area contributed by atoms with Gasteiger partial charge in [-0.1, -0.05) is 263 Å². The summed E-state index contributed by atoms with van der Waals surface area (Å²) in [7, 11) is 1.49. The average molecular weight is 1010 g/mol. The second-order valence-electron chi connectivity index (χ2n) is 21.7. The second-order valence-corrected chi connectivity index (χ2v) is 23.2. The van der Waals surface area contributed by atoms with Crippen LogP contribution in [0.15, 0.2) is 24.3 Å². The van der Waals surface area contributed by atoms with E-state index in [4.69, 9.17) is 18.5 Å². The van der Waals surface area contributed by atoms with Gasteiger partial charge < -0.3 is 18.9 Å². The number of allylic oxidation sites excluding steroid dienone is 4. The molecule has 10 heteroatoms. The molecule has 0 heterocycles. The summed E-state index contributed by atoms with van der Waals surface area (Å²) in [5, 5.41) is 0. The molecule has 0 radical (unpaired) electrons. The lowest BCUT2D eigenvalue weighted by atomic mass is 10.0. The zero-order valence-electron chi connectivity index (χ0n) is 47.0. The Bertz CT molecular complexity index is 1240. The molecular weight excluding hydrogens is 894 g/mol. The number of carbonyl (C=O) groups excluding carboxylic acids is 2. The molecule has 0 aromatic heterocycles. The molecule has 0 amide bonds. The highest BCUT2D eigenvalue weighted by Gasteiger charge is 2.27. The minimum absolute atomic E-state index is 0.0356. The van der Waals surface area contributed by atoms with Gasteiger partial charge in [0, 0.05) is 12.8 Å². The summed E-state index contributed by atoms with van der Waals surface area (Å²) in [5.74, 6) is -0.782. The molecule has 0 saturated heterocycles. The van der Waals surface area contributed by atoms with E-state index < -0.39 is 26.5 Å². The third-order valence-corrected chi connectivity index (χ3v) is 14.5. The zero-order valence-corrected chi connectivity index (χ0v) is 47.9. The topological polar surface area (TPSA) is 108 Å². The van der Waals surface area contributed by atoms with Crippen LogP contribution in [-0.2, 0) is 32.7 Å². The Labute approximate surface area is 434 Å². The molecule has 0 rings (SSSR count). The lowest BCUT2D eigenvalue weighted by Gasteiger charge is -2.24. The van der Waals surface area contributed by atoms with E-state index in [2.05, 4.69) is 38.2 Å². The number of rotatable bonds is 56. The normalized spacial score (nSPS) is 13.4. The number of esters is 2. The van der Waals surface area contributed by atoms with Gasteiger partial charge in [-0.15, -0.1) is 0 Å². The molecule has 0 aliphatic heterocycles. The van der Waals surface area contributed by atoms with Crippen LogP contribution in [-0.4, -0.2) is 74.9 Å². The van der Waals surface area contributed by atoms with Gasteiger partial charge in [0.1, 0.15) is 19.8 Å². The molecule has 0 spiro atoms. The summed E-state index contributed by atoms with van der Waals surface area (Å²) in [6.45, 7) is 4.45. The number of hydrogen-bond donors (Lipinski definition) is 1. The van der Waals surface area contributed by atoms with E-state index in [1.165, 1.54) is 225 Å². The van der Waals surface area contributed by atoms with E-state index in [-0.39, 0.29) is 25.6 Å². The molecule has 9 nitrogen and oxygen atoms in total. The Balaban J connectivity index is 3.90. The standard InChI is InChI=1S/C60H116NO8P/c1-6-8-10-12-14-16-18-19-20-21-22-23-24-25-26-27-28-29-30-31-32-33-34-35-36-37-38-39-40-41-43-45-47-49-51-53-60(63)69-58(57-68-70(64,65)67-55-54-61(3,4)5)56-66-59(62)52-50-48-46-44-42-17-15-13-11-9-7-2/h18-19,21-22,58H,6-17,20,23-57H2,1-5H3/p+1/b19-18-,22-21-. The molecule has 2 unspecified atom stereocenters. The Hall–Kier alpha value is -1.51. The summed E-state index contributed by atoms with van der Waals surface area (Å²) in [6.07, 6.45) is 62.8. The minimum atomic E-state index is -4.37. The minimum Gasteiger partial charge on any atom is -0.462 e. The molecule has 0 saturated carbocycles. The fraction of sp³-hybridized carbons (Fsp3) is 0.900. The van der Waals surface area contributed by atoms with Crippen molar-refractivity contribution in [1.82, 2.24) is 0 Å². The zero-order chi connectivity index (χ0) is 51.3. The molecule has 0 bridgehead atoms. The van der Waals surface area contributed by atoms with Crippen molar-refractivity contribution in [2.24, 2.45) is 0 Å². The van der Waals surface area contributed by atoms with Crippen molar-refractivity contribution in [2.75, 3.05) is 47.5 Å². The summed E-state index contributed by atoms with van der Waals surface area (Å²) in [5.41, 5.74) is 0. The maximum atomic E-state index is 12.8. The van der Waals surface area contributed by atoms with E-state index in [9.17, 15) is 19.0 Å². The maximum Gasteiger partial charge on any atom is 0.472 e. The average Bonchev–Trinajstić information content (AvgIpc) is 3.32. The summed E-state index contributed by atoms with van der Waals surface area (Å²) >= 11 is 0. The van der Waals surface area contributed by atoms with Crippen molar-refractivity contribution in [3.05, 3.63) is 24.3 Å². The number of carbonyl (C=O) groups is 2. The monoisotopic (exact) mass is 1010 g/mol. The molecule has 0 fully saturated rings. The Kier molecular flexibility index (Phi) is 51.2. The lowest BCUT2D eigenvalue weighted by molar-refractivity contribution is -0.870. The van der Waals surface area contributed by atoms with Crippen LogP contribution in [0.3, 0.4) is 0 Å². The van der Waals surface area contributed by atoms with Crippen LogP contribution in [0.1, 0.15) is 296 Å². The Morgan fingerprint density at radius 2 is 0.771 bits per heavy atom. The summed E-state index contributed by atoms with van der Waals surface area (Å²) in [4.78, 5) is 35.5. The number of likely N-dealkylation sites (N-methyl/N-ethyl adjacent to an activating group) is 1. The molecule has 1 N–H and O–H groups in total. The van der Waals surface area contributed by atoms with Crippen LogP contribution < -0.4 is 0 Å². The van der Waals surface area contributed by atoms with E-state index >= 15 is 0 Å². The van der Waals surface area contributed by atoms with Crippen LogP contribution in [0.2, 0.25) is 0 Å². The first kappa shape index (κ1) is 68.5. The van der Waals surface area contributed by atoms with Crippen molar-refractivity contribution in [3.63, 3.8) is 0 Å². The number of phosphoric ester groups is 1. The van der Waals surface area contributed by atoms with Gasteiger partial charge in [0.15, 0.2) is 6.10 Å². The summed E-state index contributed by atoms with van der Waals surface area (Å²) in [6, 6.07) is 0. The van der Waals surface area contributed by atoms with Gasteiger partial charge in [0.05, 0.1) is 27.7 Å². The van der Waals surface area contributed by atoms with Crippen LogP contribution in [0.25, 0.3) is 0 Å². The largest absolute Gasteiger partial charge is 0.472 e. The number of quaternary nitrogens is 1. The van der Waals surface area contributed by atoms with E-state index in [1.807, 2.05) is 21.1 Å². The Morgan fingerprint density at radius 1 is 0.443 bits per heavy atom.